The number of aromatic nitrogens is 2. The Bertz CT molecular complexity index is 647. The van der Waals surface area contributed by atoms with E-state index >= 15 is 0 Å². The van der Waals surface area contributed by atoms with Gasteiger partial charge in [0, 0.05) is 12.8 Å². The Balaban J connectivity index is 2.33. The van der Waals surface area contributed by atoms with Crippen molar-refractivity contribution >= 4 is 18.4 Å². The van der Waals surface area contributed by atoms with E-state index in [4.69, 9.17) is 12.2 Å². The lowest BCUT2D eigenvalue weighted by atomic mass is 9.78. The monoisotopic (exact) mass is 309 g/mol. The number of hydrogen-bond acceptors (Lipinski definition) is 4. The van der Waals surface area contributed by atoms with Crippen LogP contribution >= 0.6 is 12.2 Å². The molecule has 1 aliphatic carbocycles. The molecule has 116 valence electrons. The SMILES string of the molecule is CCn1c(O)c(C=N[C@H]2CCC[C@H](C)[C@@H]2C)c(=O)[nH]c1=S. The van der Waals surface area contributed by atoms with Gasteiger partial charge in [-0.15, -0.1) is 0 Å². The Morgan fingerprint density at radius 3 is 2.86 bits per heavy atom. The minimum atomic E-state index is -0.387. The van der Waals surface area contributed by atoms with Crippen molar-refractivity contribution in [2.45, 2.75) is 52.6 Å². The van der Waals surface area contributed by atoms with Crippen molar-refractivity contribution in [2.24, 2.45) is 16.8 Å². The quantitative estimate of drug-likeness (QED) is 0.666. The fourth-order valence-corrected chi connectivity index (χ4v) is 3.23. The van der Waals surface area contributed by atoms with Crippen LogP contribution in [0.1, 0.15) is 45.6 Å². The first-order valence-corrected chi connectivity index (χ1v) is 7.95. The molecule has 2 rings (SSSR count). The van der Waals surface area contributed by atoms with Crippen LogP contribution in [0.3, 0.4) is 0 Å². The van der Waals surface area contributed by atoms with Gasteiger partial charge in [-0.2, -0.15) is 0 Å². The molecule has 1 aromatic rings. The van der Waals surface area contributed by atoms with E-state index in [1.807, 2.05) is 6.92 Å². The van der Waals surface area contributed by atoms with Gasteiger partial charge in [-0.1, -0.05) is 26.7 Å². The van der Waals surface area contributed by atoms with Crippen molar-refractivity contribution in [3.05, 3.63) is 20.7 Å². The van der Waals surface area contributed by atoms with Gasteiger partial charge in [0.25, 0.3) is 5.56 Å². The third kappa shape index (κ3) is 3.26. The molecule has 5 nitrogen and oxygen atoms in total. The molecule has 3 atom stereocenters. The van der Waals surface area contributed by atoms with Crippen molar-refractivity contribution < 1.29 is 5.11 Å². The normalized spacial score (nSPS) is 26.3. The maximum Gasteiger partial charge on any atom is 0.264 e. The van der Waals surface area contributed by atoms with Gasteiger partial charge < -0.3 is 5.11 Å². The van der Waals surface area contributed by atoms with Crippen molar-refractivity contribution in [2.75, 3.05) is 0 Å². The molecule has 0 spiro atoms. The molecule has 1 aliphatic rings. The van der Waals surface area contributed by atoms with Gasteiger partial charge in [-0.25, -0.2) is 0 Å². The Hall–Kier alpha value is -1.43. The summed E-state index contributed by atoms with van der Waals surface area (Å²) >= 11 is 5.03. The zero-order valence-corrected chi connectivity index (χ0v) is 13.6. The molecule has 1 saturated carbocycles. The highest BCUT2D eigenvalue weighted by Gasteiger charge is 2.26. The lowest BCUT2D eigenvalue weighted by molar-refractivity contribution is 0.242. The number of aromatic hydroxyl groups is 1. The van der Waals surface area contributed by atoms with Crippen molar-refractivity contribution in [3.8, 4) is 5.88 Å². The first-order chi connectivity index (χ1) is 9.95. The van der Waals surface area contributed by atoms with Crippen LogP contribution in [0, 0.1) is 16.6 Å². The smallest absolute Gasteiger partial charge is 0.264 e. The molecule has 0 unspecified atom stereocenters. The Morgan fingerprint density at radius 1 is 1.48 bits per heavy atom. The molecular formula is C15H23N3O2S. The maximum atomic E-state index is 12.0. The van der Waals surface area contributed by atoms with Gasteiger partial charge in [0.1, 0.15) is 5.56 Å². The molecule has 1 heterocycles. The molecule has 1 aromatic heterocycles. The molecule has 0 saturated heterocycles. The summed E-state index contributed by atoms with van der Waals surface area (Å²) in [6.07, 6.45) is 4.94. The van der Waals surface area contributed by atoms with Gasteiger partial charge in [0.2, 0.25) is 5.88 Å². The maximum absolute atomic E-state index is 12.0. The summed E-state index contributed by atoms with van der Waals surface area (Å²) in [7, 11) is 0. The molecule has 0 aromatic carbocycles. The highest BCUT2D eigenvalue weighted by atomic mass is 32.1. The lowest BCUT2D eigenvalue weighted by Gasteiger charge is -2.31. The summed E-state index contributed by atoms with van der Waals surface area (Å²) in [5.74, 6) is 1.03. The standard InChI is InChI=1S/C15H23N3O2S/c1-4-18-14(20)11(13(19)17-15(18)21)8-16-12-7-5-6-9(2)10(12)3/h8-10,12,20H,4-7H2,1-3H3,(H,17,19,21)/t9-,10-,12-/m0/s1. The number of H-pyrrole nitrogens is 1. The van der Waals surface area contributed by atoms with Crippen LogP contribution in [0.25, 0.3) is 0 Å². The van der Waals surface area contributed by atoms with E-state index in [0.717, 1.165) is 12.8 Å². The molecule has 0 amide bonds. The Kier molecular flexibility index (Phi) is 4.98. The van der Waals surface area contributed by atoms with Crippen LogP contribution < -0.4 is 5.56 Å². The molecular weight excluding hydrogens is 286 g/mol. The molecule has 2 N–H and O–H groups in total. The number of nitrogens with one attached hydrogen (secondary N) is 1. The number of aromatic amines is 1. The molecule has 0 radical (unpaired) electrons. The zero-order chi connectivity index (χ0) is 15.6. The van der Waals surface area contributed by atoms with E-state index in [1.165, 1.54) is 17.2 Å². The molecule has 0 aliphatic heterocycles. The fraction of sp³-hybridized carbons (Fsp3) is 0.667. The summed E-state index contributed by atoms with van der Waals surface area (Å²) in [5.41, 5.74) is -0.196. The number of nitrogens with zero attached hydrogens (tertiary/aromatic N) is 2. The van der Waals surface area contributed by atoms with Crippen molar-refractivity contribution in [1.82, 2.24) is 9.55 Å². The highest BCUT2D eigenvalue weighted by molar-refractivity contribution is 7.71. The van der Waals surface area contributed by atoms with Gasteiger partial charge in [-0.05, 0) is 37.4 Å². The minimum Gasteiger partial charge on any atom is -0.494 e. The predicted octanol–water partition coefficient (Wildman–Crippen LogP) is 2.87. The van der Waals surface area contributed by atoms with Crippen LogP contribution in [-0.2, 0) is 6.54 Å². The summed E-state index contributed by atoms with van der Waals surface area (Å²) in [6, 6.07) is 0.214. The first-order valence-electron chi connectivity index (χ1n) is 7.55. The molecule has 1 fully saturated rings. The van der Waals surface area contributed by atoms with E-state index < -0.39 is 0 Å². The second-order valence-corrected chi connectivity index (χ2v) is 6.24. The van der Waals surface area contributed by atoms with Crippen molar-refractivity contribution in [1.29, 1.82) is 0 Å². The summed E-state index contributed by atoms with van der Waals surface area (Å²) in [5, 5.41) is 10.2. The topological polar surface area (TPSA) is 70.4 Å². The first kappa shape index (κ1) is 15.9. The molecule has 21 heavy (non-hydrogen) atoms. The van der Waals surface area contributed by atoms with Gasteiger partial charge in [0.15, 0.2) is 4.77 Å². The Labute approximate surface area is 129 Å². The molecule has 6 heteroatoms. The summed E-state index contributed by atoms with van der Waals surface area (Å²) in [4.78, 5) is 19.1. The number of hydrogen-bond donors (Lipinski definition) is 2. The Morgan fingerprint density at radius 2 is 2.19 bits per heavy atom. The van der Waals surface area contributed by atoms with Crippen LogP contribution in [0.5, 0.6) is 5.88 Å². The third-order valence-electron chi connectivity index (χ3n) is 4.58. The van der Waals surface area contributed by atoms with Gasteiger partial charge >= 0.3 is 0 Å². The lowest BCUT2D eigenvalue weighted by Crippen LogP contribution is -2.28. The predicted molar refractivity (Wildman–Crippen MR) is 86.8 cm³/mol. The fourth-order valence-electron chi connectivity index (χ4n) is 2.92. The number of aliphatic imine (C=N–C) groups is 1. The zero-order valence-electron chi connectivity index (χ0n) is 12.8. The van der Waals surface area contributed by atoms with Crippen LogP contribution in [0.15, 0.2) is 9.79 Å². The van der Waals surface area contributed by atoms with Gasteiger partial charge in [-0.3, -0.25) is 19.3 Å². The second-order valence-electron chi connectivity index (χ2n) is 5.85. The highest BCUT2D eigenvalue weighted by Crippen LogP contribution is 2.31. The summed E-state index contributed by atoms with van der Waals surface area (Å²) in [6.45, 7) is 6.81. The third-order valence-corrected chi connectivity index (χ3v) is 4.90. The largest absolute Gasteiger partial charge is 0.494 e. The van der Waals surface area contributed by atoms with E-state index in [1.54, 1.807) is 0 Å². The van der Waals surface area contributed by atoms with E-state index in [-0.39, 0.29) is 27.8 Å². The second kappa shape index (κ2) is 6.56. The van der Waals surface area contributed by atoms with E-state index in [2.05, 4.69) is 23.8 Å². The number of rotatable bonds is 3. The van der Waals surface area contributed by atoms with Crippen LogP contribution in [0.4, 0.5) is 0 Å². The minimum absolute atomic E-state index is 0.105. The molecule has 0 bridgehead atoms. The summed E-state index contributed by atoms with van der Waals surface area (Å²) < 4.78 is 1.72. The average molecular weight is 309 g/mol. The van der Waals surface area contributed by atoms with Gasteiger partial charge in [0.05, 0.1) is 6.04 Å². The van der Waals surface area contributed by atoms with Crippen LogP contribution in [0.2, 0.25) is 0 Å². The van der Waals surface area contributed by atoms with Crippen LogP contribution in [-0.4, -0.2) is 26.9 Å². The van der Waals surface area contributed by atoms with Crippen molar-refractivity contribution in [3.63, 3.8) is 0 Å². The van der Waals surface area contributed by atoms with E-state index in [9.17, 15) is 9.90 Å². The average Bonchev–Trinajstić information content (AvgIpc) is 2.43. The van der Waals surface area contributed by atoms with E-state index in [0.29, 0.717) is 18.4 Å².